The molecule has 1 rings (SSSR count). The van der Waals surface area contributed by atoms with Crippen molar-refractivity contribution >= 4 is 23.7 Å². The average Bonchev–Trinajstić information content (AvgIpc) is 3.20. The van der Waals surface area contributed by atoms with E-state index in [1.54, 1.807) is 20.0 Å². The average molecular weight is 469 g/mol. The van der Waals surface area contributed by atoms with Crippen LogP contribution in [0.1, 0.15) is 46.7 Å². The summed E-state index contributed by atoms with van der Waals surface area (Å²) in [6.45, 7) is 8.39. The van der Waals surface area contributed by atoms with E-state index in [9.17, 15) is 29.4 Å². The van der Waals surface area contributed by atoms with Crippen molar-refractivity contribution in [3.63, 3.8) is 0 Å². The number of carbonyl (C=O) groups excluding carboxylic acids is 3. The molecule has 0 fully saturated rings. The van der Waals surface area contributed by atoms with Crippen LogP contribution < -0.4 is 21.7 Å². The highest BCUT2D eigenvalue weighted by atomic mass is 16.4. The molecule has 1 aromatic heterocycles. The van der Waals surface area contributed by atoms with Gasteiger partial charge in [-0.15, -0.1) is 0 Å². The SMILES string of the molecule is CC(C)CC(NC(=O)C(NC(=O)C(N)Cc1cnc[nH]1)C(C)C)C(=O)NC(C(=O)O)C(C)O. The number of carboxylic acids is 1. The molecular weight excluding hydrogens is 432 g/mol. The Kier molecular flexibility index (Phi) is 11.0. The van der Waals surface area contributed by atoms with Crippen LogP contribution in [0, 0.1) is 11.8 Å². The number of amides is 3. The van der Waals surface area contributed by atoms with E-state index >= 15 is 0 Å². The summed E-state index contributed by atoms with van der Waals surface area (Å²) in [6, 6.07) is -4.48. The normalized spacial score (nSPS) is 15.9. The van der Waals surface area contributed by atoms with E-state index in [0.717, 1.165) is 0 Å². The molecule has 0 bridgehead atoms. The molecule has 5 unspecified atom stereocenters. The number of aliphatic carboxylic acids is 1. The zero-order chi connectivity index (χ0) is 25.3. The van der Waals surface area contributed by atoms with E-state index in [1.807, 2.05) is 13.8 Å². The van der Waals surface area contributed by atoms with Crippen LogP contribution in [0.3, 0.4) is 0 Å². The Hall–Kier alpha value is -2.99. The van der Waals surface area contributed by atoms with E-state index in [0.29, 0.717) is 5.69 Å². The molecular formula is C21H36N6O6. The third kappa shape index (κ3) is 9.18. The summed E-state index contributed by atoms with van der Waals surface area (Å²) in [5.74, 6) is -3.60. The molecule has 3 amide bonds. The third-order valence-electron chi connectivity index (χ3n) is 4.96. The maximum absolute atomic E-state index is 13.0. The molecule has 0 aliphatic carbocycles. The number of imidazole rings is 1. The highest BCUT2D eigenvalue weighted by molar-refractivity contribution is 5.94. The lowest BCUT2D eigenvalue weighted by molar-refractivity contribution is -0.145. The Morgan fingerprint density at radius 2 is 1.61 bits per heavy atom. The van der Waals surface area contributed by atoms with E-state index in [4.69, 9.17) is 5.73 Å². The zero-order valence-electron chi connectivity index (χ0n) is 19.7. The van der Waals surface area contributed by atoms with Crippen molar-refractivity contribution in [3.05, 3.63) is 18.2 Å². The van der Waals surface area contributed by atoms with Crippen LogP contribution in [-0.2, 0) is 25.6 Å². The minimum atomic E-state index is -1.52. The molecule has 0 aliphatic heterocycles. The lowest BCUT2D eigenvalue weighted by Crippen LogP contribution is -2.59. The minimum absolute atomic E-state index is 0.00852. The van der Waals surface area contributed by atoms with Crippen LogP contribution in [0.25, 0.3) is 0 Å². The molecule has 0 saturated carbocycles. The van der Waals surface area contributed by atoms with Crippen molar-refractivity contribution in [2.24, 2.45) is 17.6 Å². The van der Waals surface area contributed by atoms with Crippen LogP contribution in [0.2, 0.25) is 0 Å². The Morgan fingerprint density at radius 3 is 2.06 bits per heavy atom. The molecule has 0 spiro atoms. The van der Waals surface area contributed by atoms with Gasteiger partial charge in [0.25, 0.3) is 0 Å². The fraction of sp³-hybridized carbons (Fsp3) is 0.667. The number of aliphatic hydroxyl groups is 1. The largest absolute Gasteiger partial charge is 0.480 e. The molecule has 1 aromatic rings. The predicted octanol–water partition coefficient (Wildman–Crippen LogP) is -1.10. The number of aromatic amines is 1. The summed E-state index contributed by atoms with van der Waals surface area (Å²) >= 11 is 0. The molecule has 5 atom stereocenters. The second-order valence-corrected chi connectivity index (χ2v) is 8.87. The topological polar surface area (TPSA) is 200 Å². The summed E-state index contributed by atoms with van der Waals surface area (Å²) in [4.78, 5) is 56.3. The van der Waals surface area contributed by atoms with Crippen LogP contribution in [0.5, 0.6) is 0 Å². The number of nitrogens with one attached hydrogen (secondary N) is 4. The van der Waals surface area contributed by atoms with Crippen LogP contribution in [-0.4, -0.2) is 74.1 Å². The second-order valence-electron chi connectivity index (χ2n) is 8.87. The summed E-state index contributed by atoms with van der Waals surface area (Å²) < 4.78 is 0. The maximum Gasteiger partial charge on any atom is 0.328 e. The second kappa shape index (κ2) is 12.9. The number of nitrogens with two attached hydrogens (primary N) is 1. The van der Waals surface area contributed by atoms with E-state index in [1.165, 1.54) is 13.3 Å². The highest BCUT2D eigenvalue weighted by Crippen LogP contribution is 2.09. The molecule has 186 valence electrons. The molecule has 12 heteroatoms. The lowest BCUT2D eigenvalue weighted by atomic mass is 9.99. The first-order chi connectivity index (χ1) is 15.3. The van der Waals surface area contributed by atoms with E-state index in [-0.39, 0.29) is 24.7 Å². The van der Waals surface area contributed by atoms with E-state index < -0.39 is 54.0 Å². The van der Waals surface area contributed by atoms with Gasteiger partial charge in [-0.2, -0.15) is 0 Å². The monoisotopic (exact) mass is 468 g/mol. The smallest absolute Gasteiger partial charge is 0.328 e. The van der Waals surface area contributed by atoms with Crippen LogP contribution in [0.4, 0.5) is 0 Å². The van der Waals surface area contributed by atoms with Crippen molar-refractivity contribution in [3.8, 4) is 0 Å². The van der Waals surface area contributed by atoms with Gasteiger partial charge < -0.3 is 36.9 Å². The Balaban J connectivity index is 2.90. The van der Waals surface area contributed by atoms with Gasteiger partial charge in [-0.1, -0.05) is 27.7 Å². The number of aromatic nitrogens is 2. The van der Waals surface area contributed by atoms with Crippen molar-refractivity contribution in [1.82, 2.24) is 25.9 Å². The molecule has 12 nitrogen and oxygen atoms in total. The molecule has 0 radical (unpaired) electrons. The quantitative estimate of drug-likeness (QED) is 0.189. The number of H-pyrrole nitrogens is 1. The number of carboxylic acid groups (broad SMARTS) is 1. The van der Waals surface area contributed by atoms with Gasteiger partial charge >= 0.3 is 5.97 Å². The zero-order valence-corrected chi connectivity index (χ0v) is 19.7. The first kappa shape index (κ1) is 28.0. The molecule has 0 aliphatic rings. The molecule has 33 heavy (non-hydrogen) atoms. The lowest BCUT2D eigenvalue weighted by Gasteiger charge is -2.28. The van der Waals surface area contributed by atoms with E-state index in [2.05, 4.69) is 25.9 Å². The number of aliphatic hydroxyl groups excluding tert-OH is 1. The molecule has 0 saturated heterocycles. The molecule has 8 N–H and O–H groups in total. The number of hydrogen-bond acceptors (Lipinski definition) is 7. The van der Waals surface area contributed by atoms with Gasteiger partial charge in [-0.3, -0.25) is 14.4 Å². The van der Waals surface area contributed by atoms with Crippen molar-refractivity contribution < 1.29 is 29.4 Å². The van der Waals surface area contributed by atoms with Crippen molar-refractivity contribution in [1.29, 1.82) is 0 Å². The van der Waals surface area contributed by atoms with Gasteiger partial charge in [-0.25, -0.2) is 9.78 Å². The Bertz CT molecular complexity index is 795. The Morgan fingerprint density at radius 1 is 1.00 bits per heavy atom. The first-order valence-corrected chi connectivity index (χ1v) is 10.9. The summed E-state index contributed by atoms with van der Waals surface area (Å²) in [7, 11) is 0. The van der Waals surface area contributed by atoms with Crippen LogP contribution in [0.15, 0.2) is 12.5 Å². The van der Waals surface area contributed by atoms with Gasteiger partial charge in [0, 0.05) is 18.3 Å². The summed E-state index contributed by atoms with van der Waals surface area (Å²) in [6.07, 6.45) is 2.11. The Labute approximate surface area is 193 Å². The van der Waals surface area contributed by atoms with Gasteiger partial charge in [0.05, 0.1) is 18.5 Å². The number of hydrogen-bond donors (Lipinski definition) is 7. The number of carbonyl (C=O) groups is 4. The van der Waals surface area contributed by atoms with Gasteiger partial charge in [0.2, 0.25) is 17.7 Å². The van der Waals surface area contributed by atoms with Crippen molar-refractivity contribution in [2.75, 3.05) is 0 Å². The van der Waals surface area contributed by atoms with Gasteiger partial charge in [-0.05, 0) is 25.2 Å². The maximum atomic E-state index is 13.0. The molecule has 1 heterocycles. The van der Waals surface area contributed by atoms with Crippen molar-refractivity contribution in [2.45, 2.75) is 77.7 Å². The standard InChI is InChI=1S/C21H36N6O6/c1-10(2)6-15(19(30)27-17(12(5)28)21(32)33)25-20(31)16(11(3)4)26-18(29)14(22)7-13-8-23-9-24-13/h8-12,14-17,28H,6-7,22H2,1-5H3,(H,23,24)(H,25,31)(H,26,29)(H,27,30)(H,32,33). The first-order valence-electron chi connectivity index (χ1n) is 10.9. The predicted molar refractivity (Wildman–Crippen MR) is 120 cm³/mol. The third-order valence-corrected chi connectivity index (χ3v) is 4.96. The molecule has 0 aromatic carbocycles. The fourth-order valence-electron chi connectivity index (χ4n) is 3.13. The summed E-state index contributed by atoms with van der Waals surface area (Å²) in [5.41, 5.74) is 6.62. The number of nitrogens with zero attached hydrogens (tertiary/aromatic N) is 1. The highest BCUT2D eigenvalue weighted by Gasteiger charge is 2.33. The minimum Gasteiger partial charge on any atom is -0.480 e. The number of rotatable bonds is 13. The van der Waals surface area contributed by atoms with Crippen LogP contribution >= 0.6 is 0 Å². The summed E-state index contributed by atoms with van der Waals surface area (Å²) in [5, 5.41) is 26.3. The fourth-order valence-corrected chi connectivity index (χ4v) is 3.13. The van der Waals surface area contributed by atoms with Gasteiger partial charge in [0.1, 0.15) is 12.1 Å². The van der Waals surface area contributed by atoms with Gasteiger partial charge in [0.15, 0.2) is 6.04 Å².